The lowest BCUT2D eigenvalue weighted by Crippen LogP contribution is -2.43. The Hall–Kier alpha value is -0.540. The summed E-state index contributed by atoms with van der Waals surface area (Å²) in [7, 11) is 0. The van der Waals surface area contributed by atoms with E-state index in [-0.39, 0.29) is 0 Å². The smallest absolute Gasteiger partial charge is 0.0378 e. The highest BCUT2D eigenvalue weighted by Crippen LogP contribution is 2.19. The fraction of sp³-hybridized carbons (Fsp3) is 0.400. The van der Waals surface area contributed by atoms with Crippen molar-refractivity contribution < 1.29 is 0 Å². The molecule has 13 heavy (non-hydrogen) atoms. The zero-order valence-electron chi connectivity index (χ0n) is 7.46. The molecule has 2 rings (SSSR count). The number of hydrogen-bond acceptors (Lipinski definition) is 2. The lowest BCUT2D eigenvalue weighted by atomic mass is 10.2. The molecule has 0 aromatic heterocycles. The summed E-state index contributed by atoms with van der Waals surface area (Å²) in [5, 5.41) is 3.35. The zero-order chi connectivity index (χ0) is 9.10. The molecule has 0 spiro atoms. The first kappa shape index (κ1) is 9.03. The number of nitrogens with zero attached hydrogens (tertiary/aromatic N) is 1. The number of benzene rings is 1. The molecule has 0 amide bonds. The van der Waals surface area contributed by atoms with Crippen LogP contribution in [0.3, 0.4) is 0 Å². The summed E-state index contributed by atoms with van der Waals surface area (Å²) in [6, 6.07) is 8.48. The minimum atomic E-state index is 1.09. The molecule has 2 nitrogen and oxygen atoms in total. The summed E-state index contributed by atoms with van der Waals surface area (Å²) in [6.45, 7) is 4.39. The van der Waals surface area contributed by atoms with Crippen LogP contribution in [0.2, 0.25) is 0 Å². The number of halogens is 1. The third-order valence-corrected chi connectivity index (χ3v) is 2.78. The fourth-order valence-electron chi connectivity index (χ4n) is 1.60. The summed E-state index contributed by atoms with van der Waals surface area (Å²) >= 11 is 3.49. The van der Waals surface area contributed by atoms with Gasteiger partial charge in [0.05, 0.1) is 0 Å². The van der Waals surface area contributed by atoms with Crippen molar-refractivity contribution in [3.63, 3.8) is 0 Å². The molecule has 1 fully saturated rings. The van der Waals surface area contributed by atoms with Crippen LogP contribution < -0.4 is 10.2 Å². The molecule has 0 aliphatic carbocycles. The van der Waals surface area contributed by atoms with E-state index < -0.39 is 0 Å². The number of hydrogen-bond donors (Lipinski definition) is 1. The van der Waals surface area contributed by atoms with Crippen LogP contribution in [0.25, 0.3) is 0 Å². The second-order valence-electron chi connectivity index (χ2n) is 3.22. The maximum Gasteiger partial charge on any atom is 0.0378 e. The van der Waals surface area contributed by atoms with Gasteiger partial charge in [-0.3, -0.25) is 0 Å². The maximum absolute atomic E-state index is 3.49. The molecule has 0 unspecified atom stereocenters. The lowest BCUT2D eigenvalue weighted by Gasteiger charge is -2.29. The number of piperazine rings is 1. The Kier molecular flexibility index (Phi) is 2.86. The van der Waals surface area contributed by atoms with Gasteiger partial charge < -0.3 is 10.2 Å². The van der Waals surface area contributed by atoms with Crippen LogP contribution in [-0.2, 0) is 0 Å². The summed E-state index contributed by atoms with van der Waals surface area (Å²) in [4.78, 5) is 2.40. The molecular formula is C10H13BrN2. The van der Waals surface area contributed by atoms with E-state index in [0.717, 1.165) is 30.7 Å². The molecule has 1 aliphatic rings. The van der Waals surface area contributed by atoms with Crippen LogP contribution in [0.1, 0.15) is 0 Å². The molecule has 0 saturated carbocycles. The van der Waals surface area contributed by atoms with Gasteiger partial charge in [-0.1, -0.05) is 22.0 Å². The Balaban J connectivity index is 2.14. The second-order valence-corrected chi connectivity index (χ2v) is 4.13. The molecule has 1 aromatic carbocycles. The Bertz CT molecular complexity index is 282. The van der Waals surface area contributed by atoms with Crippen LogP contribution in [0, 0.1) is 0 Å². The average Bonchev–Trinajstić information content (AvgIpc) is 2.19. The predicted molar refractivity (Wildman–Crippen MR) is 59.2 cm³/mol. The SMILES string of the molecule is Brc1cccc(N2CCNCC2)c1. The van der Waals surface area contributed by atoms with Crippen molar-refractivity contribution in [3.8, 4) is 0 Å². The van der Waals surface area contributed by atoms with Gasteiger partial charge in [0.15, 0.2) is 0 Å². The van der Waals surface area contributed by atoms with Crippen LogP contribution >= 0.6 is 15.9 Å². The van der Waals surface area contributed by atoms with Gasteiger partial charge in [-0.05, 0) is 18.2 Å². The predicted octanol–water partition coefficient (Wildman–Crippen LogP) is 1.86. The van der Waals surface area contributed by atoms with Crippen molar-refractivity contribution in [1.29, 1.82) is 0 Å². The number of rotatable bonds is 1. The van der Waals surface area contributed by atoms with E-state index in [1.54, 1.807) is 0 Å². The molecule has 1 aliphatic heterocycles. The minimum absolute atomic E-state index is 1.09. The van der Waals surface area contributed by atoms with E-state index >= 15 is 0 Å². The van der Waals surface area contributed by atoms with Gasteiger partial charge in [0, 0.05) is 36.3 Å². The zero-order valence-corrected chi connectivity index (χ0v) is 9.05. The molecule has 3 heteroatoms. The maximum atomic E-state index is 3.49. The van der Waals surface area contributed by atoms with Gasteiger partial charge in [0.1, 0.15) is 0 Å². The molecule has 1 aromatic rings. The quantitative estimate of drug-likeness (QED) is 0.807. The topological polar surface area (TPSA) is 15.3 Å². The number of nitrogens with one attached hydrogen (secondary N) is 1. The van der Waals surface area contributed by atoms with Crippen molar-refractivity contribution in [1.82, 2.24) is 5.32 Å². The van der Waals surface area contributed by atoms with E-state index in [1.807, 2.05) is 0 Å². The van der Waals surface area contributed by atoms with E-state index in [4.69, 9.17) is 0 Å². The second kappa shape index (κ2) is 4.11. The first-order valence-corrected chi connectivity index (χ1v) is 5.37. The Morgan fingerprint density at radius 2 is 2.00 bits per heavy atom. The minimum Gasteiger partial charge on any atom is -0.369 e. The highest BCUT2D eigenvalue weighted by Gasteiger charge is 2.09. The van der Waals surface area contributed by atoms with Crippen LogP contribution in [-0.4, -0.2) is 26.2 Å². The van der Waals surface area contributed by atoms with Gasteiger partial charge in [-0.15, -0.1) is 0 Å². The summed E-state index contributed by atoms with van der Waals surface area (Å²) in [5.74, 6) is 0. The van der Waals surface area contributed by atoms with Gasteiger partial charge in [0.25, 0.3) is 0 Å². The molecular weight excluding hydrogens is 228 g/mol. The highest BCUT2D eigenvalue weighted by atomic mass is 79.9. The molecule has 0 bridgehead atoms. The Morgan fingerprint density at radius 1 is 1.23 bits per heavy atom. The monoisotopic (exact) mass is 240 g/mol. The van der Waals surface area contributed by atoms with Gasteiger partial charge in [-0.25, -0.2) is 0 Å². The summed E-state index contributed by atoms with van der Waals surface area (Å²) < 4.78 is 1.16. The molecule has 0 atom stereocenters. The lowest BCUT2D eigenvalue weighted by molar-refractivity contribution is 0.589. The summed E-state index contributed by atoms with van der Waals surface area (Å²) in [5.41, 5.74) is 1.32. The molecule has 70 valence electrons. The third kappa shape index (κ3) is 2.23. The Morgan fingerprint density at radius 3 is 2.69 bits per heavy atom. The van der Waals surface area contributed by atoms with E-state index in [0.29, 0.717) is 0 Å². The van der Waals surface area contributed by atoms with E-state index in [2.05, 4.69) is 50.4 Å². The van der Waals surface area contributed by atoms with Crippen molar-refractivity contribution >= 4 is 21.6 Å². The standard InChI is InChI=1S/C10H13BrN2/c11-9-2-1-3-10(8-9)13-6-4-12-5-7-13/h1-3,8,12H,4-7H2. The third-order valence-electron chi connectivity index (χ3n) is 2.29. The van der Waals surface area contributed by atoms with Crippen molar-refractivity contribution in [3.05, 3.63) is 28.7 Å². The van der Waals surface area contributed by atoms with E-state index in [9.17, 15) is 0 Å². The average molecular weight is 241 g/mol. The molecule has 1 saturated heterocycles. The molecule has 1 N–H and O–H groups in total. The van der Waals surface area contributed by atoms with Crippen LogP contribution in [0.5, 0.6) is 0 Å². The van der Waals surface area contributed by atoms with Crippen molar-refractivity contribution in [2.45, 2.75) is 0 Å². The van der Waals surface area contributed by atoms with Crippen LogP contribution in [0.4, 0.5) is 5.69 Å². The van der Waals surface area contributed by atoms with Crippen molar-refractivity contribution in [2.24, 2.45) is 0 Å². The fourth-order valence-corrected chi connectivity index (χ4v) is 1.98. The van der Waals surface area contributed by atoms with Gasteiger partial charge in [0.2, 0.25) is 0 Å². The highest BCUT2D eigenvalue weighted by molar-refractivity contribution is 9.10. The van der Waals surface area contributed by atoms with Gasteiger partial charge in [-0.2, -0.15) is 0 Å². The summed E-state index contributed by atoms with van der Waals surface area (Å²) in [6.07, 6.45) is 0. The molecule has 0 radical (unpaired) electrons. The molecule has 1 heterocycles. The largest absolute Gasteiger partial charge is 0.369 e. The Labute approximate surface area is 87.1 Å². The first-order chi connectivity index (χ1) is 6.36. The van der Waals surface area contributed by atoms with Crippen LogP contribution in [0.15, 0.2) is 28.7 Å². The van der Waals surface area contributed by atoms with E-state index in [1.165, 1.54) is 5.69 Å². The van der Waals surface area contributed by atoms with Crippen molar-refractivity contribution in [2.75, 3.05) is 31.1 Å². The van der Waals surface area contributed by atoms with Gasteiger partial charge >= 0.3 is 0 Å². The first-order valence-electron chi connectivity index (χ1n) is 4.57. The normalized spacial score (nSPS) is 17.5. The number of anilines is 1.